The van der Waals surface area contributed by atoms with E-state index in [2.05, 4.69) is 47.6 Å². The molecule has 1 aliphatic rings. The van der Waals surface area contributed by atoms with Gasteiger partial charge in [0.25, 0.3) is 0 Å². The summed E-state index contributed by atoms with van der Waals surface area (Å²) in [7, 11) is -3.45. The molecule has 0 spiro atoms. The van der Waals surface area contributed by atoms with Gasteiger partial charge in [0, 0.05) is 31.6 Å². The molecule has 0 saturated carbocycles. The minimum atomic E-state index is -3.45. The minimum Gasteiger partial charge on any atom is -0.379 e. The van der Waals surface area contributed by atoms with E-state index in [1.807, 2.05) is 13.0 Å². The molecular weight excluding hydrogens is 444 g/mol. The topological polar surface area (TPSA) is 135 Å². The van der Waals surface area contributed by atoms with Crippen molar-refractivity contribution in [1.82, 2.24) is 30.0 Å². The van der Waals surface area contributed by atoms with Crippen molar-refractivity contribution in [2.75, 3.05) is 43.2 Å². The van der Waals surface area contributed by atoms with Crippen LogP contribution >= 0.6 is 0 Å². The van der Waals surface area contributed by atoms with Crippen LogP contribution in [-0.2, 0) is 14.6 Å². The second-order valence-electron chi connectivity index (χ2n) is 7.78. The molecule has 0 radical (unpaired) electrons. The van der Waals surface area contributed by atoms with Crippen LogP contribution < -0.4 is 10.6 Å². The molecule has 33 heavy (non-hydrogen) atoms. The van der Waals surface area contributed by atoms with Crippen LogP contribution in [0.15, 0.2) is 41.7 Å². The third kappa shape index (κ3) is 5.59. The zero-order valence-electron chi connectivity index (χ0n) is 18.7. The first-order chi connectivity index (χ1) is 15.8. The van der Waals surface area contributed by atoms with Crippen molar-refractivity contribution >= 4 is 33.1 Å². The highest BCUT2D eigenvalue weighted by Gasteiger charge is 2.22. The Kier molecular flexibility index (Phi) is 6.77. The Labute approximate surface area is 192 Å². The molecule has 174 valence electrons. The fraction of sp³-hybridized carbons (Fsp3) is 0.381. The largest absolute Gasteiger partial charge is 0.379 e. The Morgan fingerprint density at radius 3 is 2.45 bits per heavy atom. The molecule has 1 saturated heterocycles. The Bertz CT molecular complexity index is 1230. The predicted octanol–water partition coefficient (Wildman–Crippen LogP) is 2.25. The van der Waals surface area contributed by atoms with Crippen LogP contribution in [0.25, 0.3) is 0 Å². The van der Waals surface area contributed by atoms with Crippen LogP contribution in [0.1, 0.15) is 24.2 Å². The third-order valence-electron chi connectivity index (χ3n) is 5.35. The number of pyridine rings is 1. The molecule has 1 aliphatic heterocycles. The SMILES string of the molecule is Cc1cc(Nc2cc(Nc3ncccc3S(C)(=O)=O)ncn2)nnc1C(C)N1CCOCC1. The number of nitrogens with one attached hydrogen (secondary N) is 2. The first kappa shape index (κ1) is 23.0. The van der Waals surface area contributed by atoms with Gasteiger partial charge in [-0.2, -0.15) is 5.10 Å². The van der Waals surface area contributed by atoms with Crippen LogP contribution in [0, 0.1) is 6.92 Å². The van der Waals surface area contributed by atoms with E-state index in [-0.39, 0.29) is 16.8 Å². The number of anilines is 4. The highest BCUT2D eigenvalue weighted by atomic mass is 32.2. The van der Waals surface area contributed by atoms with E-state index in [1.165, 1.54) is 18.6 Å². The van der Waals surface area contributed by atoms with Crippen LogP contribution in [0.5, 0.6) is 0 Å². The fourth-order valence-electron chi connectivity index (χ4n) is 3.64. The van der Waals surface area contributed by atoms with Gasteiger partial charge < -0.3 is 15.4 Å². The molecule has 2 N–H and O–H groups in total. The van der Waals surface area contributed by atoms with E-state index in [0.717, 1.165) is 43.8 Å². The van der Waals surface area contributed by atoms with Crippen LogP contribution in [-0.4, -0.2) is 71.0 Å². The molecule has 3 aromatic heterocycles. The van der Waals surface area contributed by atoms with Crippen LogP contribution in [0.4, 0.5) is 23.3 Å². The molecule has 0 aromatic carbocycles. The molecule has 4 heterocycles. The summed E-state index contributed by atoms with van der Waals surface area (Å²) in [5.74, 6) is 1.61. The van der Waals surface area contributed by atoms with Crippen molar-refractivity contribution in [3.8, 4) is 0 Å². The maximum atomic E-state index is 12.0. The standard InChI is InChI=1S/C21H26N8O3S/c1-14-11-19(27-28-20(14)15(2)29-7-9-32-10-8-29)25-17-12-18(24-13-23-17)26-21-16(33(3,30)31)5-4-6-22-21/h4-6,11-13,15H,7-10H2,1-3H3,(H2,22,23,24,25,26,27). The summed E-state index contributed by atoms with van der Waals surface area (Å²) in [6, 6.07) is 6.77. The van der Waals surface area contributed by atoms with E-state index in [9.17, 15) is 8.42 Å². The first-order valence-corrected chi connectivity index (χ1v) is 12.4. The van der Waals surface area contributed by atoms with Crippen molar-refractivity contribution in [2.24, 2.45) is 0 Å². The number of aromatic nitrogens is 5. The molecule has 12 heteroatoms. The van der Waals surface area contributed by atoms with Crippen LogP contribution in [0.2, 0.25) is 0 Å². The monoisotopic (exact) mass is 470 g/mol. The maximum Gasteiger partial charge on any atom is 0.179 e. The van der Waals surface area contributed by atoms with Gasteiger partial charge in [-0.1, -0.05) is 0 Å². The van der Waals surface area contributed by atoms with Crippen molar-refractivity contribution < 1.29 is 13.2 Å². The van der Waals surface area contributed by atoms with Gasteiger partial charge in [-0.3, -0.25) is 4.90 Å². The maximum absolute atomic E-state index is 12.0. The number of sulfone groups is 1. The minimum absolute atomic E-state index is 0.0876. The average Bonchev–Trinajstić information content (AvgIpc) is 2.79. The lowest BCUT2D eigenvalue weighted by Crippen LogP contribution is -2.38. The molecule has 0 bridgehead atoms. The molecule has 1 unspecified atom stereocenters. The summed E-state index contributed by atoms with van der Waals surface area (Å²) in [5.41, 5.74) is 1.95. The summed E-state index contributed by atoms with van der Waals surface area (Å²) in [6.07, 6.45) is 4.00. The molecule has 3 aromatic rings. The summed E-state index contributed by atoms with van der Waals surface area (Å²) in [5, 5.41) is 14.8. The Morgan fingerprint density at radius 1 is 1.03 bits per heavy atom. The van der Waals surface area contributed by atoms with E-state index >= 15 is 0 Å². The zero-order chi connectivity index (χ0) is 23.4. The molecule has 0 amide bonds. The second kappa shape index (κ2) is 9.73. The van der Waals surface area contributed by atoms with E-state index in [4.69, 9.17) is 4.74 Å². The Hall–Kier alpha value is -3.22. The lowest BCUT2D eigenvalue weighted by atomic mass is 10.1. The number of morpholine rings is 1. The molecule has 4 rings (SSSR count). The lowest BCUT2D eigenvalue weighted by Gasteiger charge is -2.32. The Balaban J connectivity index is 1.49. The van der Waals surface area contributed by atoms with Crippen LogP contribution in [0.3, 0.4) is 0 Å². The van der Waals surface area contributed by atoms with Gasteiger partial charge >= 0.3 is 0 Å². The second-order valence-corrected chi connectivity index (χ2v) is 9.77. The summed E-state index contributed by atoms with van der Waals surface area (Å²) in [6.45, 7) is 7.33. The van der Waals surface area contributed by atoms with Gasteiger partial charge in [0.2, 0.25) is 0 Å². The Morgan fingerprint density at radius 2 is 1.76 bits per heavy atom. The van der Waals surface area contributed by atoms with Gasteiger partial charge in [0.05, 0.1) is 24.9 Å². The van der Waals surface area contributed by atoms with Crippen molar-refractivity contribution in [2.45, 2.75) is 24.8 Å². The normalized spacial score (nSPS) is 15.7. The number of ether oxygens (including phenoxy) is 1. The van der Waals surface area contributed by atoms with E-state index < -0.39 is 9.84 Å². The van der Waals surface area contributed by atoms with Gasteiger partial charge in [0.1, 0.15) is 28.7 Å². The molecule has 1 atom stereocenters. The van der Waals surface area contributed by atoms with Crippen molar-refractivity contribution in [1.29, 1.82) is 0 Å². The number of hydrogen-bond donors (Lipinski definition) is 2. The molecular formula is C21H26N8O3S. The highest BCUT2D eigenvalue weighted by Crippen LogP contribution is 2.25. The predicted molar refractivity (Wildman–Crippen MR) is 124 cm³/mol. The number of hydrogen-bond acceptors (Lipinski definition) is 11. The fourth-order valence-corrected chi connectivity index (χ4v) is 4.42. The smallest absolute Gasteiger partial charge is 0.179 e. The summed E-state index contributed by atoms with van der Waals surface area (Å²) >= 11 is 0. The van der Waals surface area contributed by atoms with E-state index in [0.29, 0.717) is 17.5 Å². The third-order valence-corrected chi connectivity index (χ3v) is 6.48. The van der Waals surface area contributed by atoms with Gasteiger partial charge in [-0.05, 0) is 37.6 Å². The number of nitrogens with zero attached hydrogens (tertiary/aromatic N) is 6. The first-order valence-electron chi connectivity index (χ1n) is 10.5. The zero-order valence-corrected chi connectivity index (χ0v) is 19.5. The summed E-state index contributed by atoms with van der Waals surface area (Å²) in [4.78, 5) is 14.9. The van der Waals surface area contributed by atoms with Gasteiger partial charge in [-0.15, -0.1) is 5.10 Å². The number of rotatable bonds is 7. The van der Waals surface area contributed by atoms with Gasteiger partial charge in [0.15, 0.2) is 15.7 Å². The van der Waals surface area contributed by atoms with E-state index in [1.54, 1.807) is 12.1 Å². The number of aryl methyl sites for hydroxylation is 1. The molecule has 1 fully saturated rings. The molecule has 11 nitrogen and oxygen atoms in total. The quantitative estimate of drug-likeness (QED) is 0.526. The van der Waals surface area contributed by atoms with Crippen molar-refractivity contribution in [3.63, 3.8) is 0 Å². The highest BCUT2D eigenvalue weighted by molar-refractivity contribution is 7.90. The van der Waals surface area contributed by atoms with Crippen molar-refractivity contribution in [3.05, 3.63) is 48.0 Å². The van der Waals surface area contributed by atoms with Gasteiger partial charge in [-0.25, -0.2) is 23.4 Å². The summed E-state index contributed by atoms with van der Waals surface area (Å²) < 4.78 is 29.5. The lowest BCUT2D eigenvalue weighted by molar-refractivity contribution is 0.0188. The average molecular weight is 471 g/mol. The molecule has 0 aliphatic carbocycles.